The minimum Gasteiger partial charge on any atom is -0.399 e. The number of hydrogen-bond acceptors (Lipinski definition) is 3. The van der Waals surface area contributed by atoms with Crippen molar-refractivity contribution in [1.29, 1.82) is 5.26 Å². The first kappa shape index (κ1) is 11.5. The van der Waals surface area contributed by atoms with Crippen LogP contribution in [0.4, 0.5) is 11.4 Å². The Hall–Kier alpha value is -2.02. The van der Waals surface area contributed by atoms with Crippen molar-refractivity contribution in [3.63, 3.8) is 0 Å². The fraction of sp³-hybridized carbons (Fsp3) is 0.385. The first-order chi connectivity index (χ1) is 8.15. The fourth-order valence-electron chi connectivity index (χ4n) is 2.08. The van der Waals surface area contributed by atoms with Crippen LogP contribution in [-0.4, -0.2) is 12.5 Å². The summed E-state index contributed by atoms with van der Waals surface area (Å²) < 4.78 is 0. The van der Waals surface area contributed by atoms with Crippen LogP contribution >= 0.6 is 0 Å². The summed E-state index contributed by atoms with van der Waals surface area (Å²) in [5, 5.41) is 8.96. The molecule has 1 amide bonds. The average molecular weight is 229 g/mol. The number of carbonyl (C=O) groups is 1. The molecular formula is C13H15N3O. The predicted octanol–water partition coefficient (Wildman–Crippen LogP) is 1.71. The Bertz CT molecular complexity index is 490. The number of nitrogens with zero attached hydrogens (tertiary/aromatic N) is 2. The Balaban J connectivity index is 2.26. The van der Waals surface area contributed by atoms with Gasteiger partial charge in [0.15, 0.2) is 0 Å². The van der Waals surface area contributed by atoms with Crippen LogP contribution in [0.3, 0.4) is 0 Å². The lowest BCUT2D eigenvalue weighted by Crippen LogP contribution is -2.31. The lowest BCUT2D eigenvalue weighted by molar-refractivity contribution is -0.117. The van der Waals surface area contributed by atoms with Crippen LogP contribution in [0, 0.1) is 17.2 Å². The van der Waals surface area contributed by atoms with Crippen molar-refractivity contribution in [2.45, 2.75) is 19.8 Å². The Morgan fingerprint density at radius 3 is 3.00 bits per heavy atom. The number of rotatable bonds is 3. The highest BCUT2D eigenvalue weighted by molar-refractivity contribution is 6.01. The second-order valence-corrected chi connectivity index (χ2v) is 4.30. The molecule has 0 bridgehead atoms. The van der Waals surface area contributed by atoms with E-state index < -0.39 is 0 Å². The zero-order chi connectivity index (χ0) is 12.4. The SMILES string of the molecule is CCC(C#N)CN1C(=O)Cc2cc(N)ccc21. The van der Waals surface area contributed by atoms with Gasteiger partial charge in [-0.1, -0.05) is 6.92 Å². The highest BCUT2D eigenvalue weighted by Crippen LogP contribution is 2.31. The highest BCUT2D eigenvalue weighted by atomic mass is 16.2. The predicted molar refractivity (Wildman–Crippen MR) is 66.3 cm³/mol. The molecule has 17 heavy (non-hydrogen) atoms. The summed E-state index contributed by atoms with van der Waals surface area (Å²) in [4.78, 5) is 13.6. The first-order valence-corrected chi connectivity index (χ1v) is 5.74. The Kier molecular flexibility index (Phi) is 3.01. The summed E-state index contributed by atoms with van der Waals surface area (Å²) >= 11 is 0. The molecule has 1 aliphatic heterocycles. The van der Waals surface area contributed by atoms with Gasteiger partial charge in [0, 0.05) is 17.9 Å². The summed E-state index contributed by atoms with van der Waals surface area (Å²) in [6.07, 6.45) is 1.15. The third kappa shape index (κ3) is 2.09. The molecule has 0 aliphatic carbocycles. The van der Waals surface area contributed by atoms with E-state index in [1.807, 2.05) is 19.1 Å². The molecule has 4 heteroatoms. The van der Waals surface area contributed by atoms with Gasteiger partial charge in [0.1, 0.15) is 0 Å². The van der Waals surface area contributed by atoms with E-state index in [-0.39, 0.29) is 11.8 Å². The minimum absolute atomic E-state index is 0.0549. The summed E-state index contributed by atoms with van der Waals surface area (Å²) in [5.74, 6) is -0.0539. The second kappa shape index (κ2) is 4.46. The van der Waals surface area contributed by atoms with Gasteiger partial charge in [-0.05, 0) is 30.2 Å². The van der Waals surface area contributed by atoms with E-state index in [9.17, 15) is 4.79 Å². The lowest BCUT2D eigenvalue weighted by Gasteiger charge is -2.19. The van der Waals surface area contributed by atoms with Crippen molar-refractivity contribution in [3.8, 4) is 6.07 Å². The normalized spacial score (nSPS) is 15.5. The average Bonchev–Trinajstić information content (AvgIpc) is 2.61. The van der Waals surface area contributed by atoms with Gasteiger partial charge >= 0.3 is 0 Å². The maximum Gasteiger partial charge on any atom is 0.231 e. The third-order valence-corrected chi connectivity index (χ3v) is 3.12. The molecule has 0 fully saturated rings. The van der Waals surface area contributed by atoms with Crippen LogP contribution < -0.4 is 10.6 Å². The van der Waals surface area contributed by atoms with Crippen LogP contribution in [0.15, 0.2) is 18.2 Å². The Morgan fingerprint density at radius 2 is 2.35 bits per heavy atom. The zero-order valence-electron chi connectivity index (χ0n) is 9.81. The topological polar surface area (TPSA) is 70.1 Å². The van der Waals surface area contributed by atoms with Gasteiger partial charge in [-0.3, -0.25) is 4.79 Å². The number of nitrogens with two attached hydrogens (primary N) is 1. The number of fused-ring (bicyclic) bond motifs is 1. The van der Waals surface area contributed by atoms with Gasteiger partial charge in [0.05, 0.1) is 18.4 Å². The molecule has 0 radical (unpaired) electrons. The van der Waals surface area contributed by atoms with Crippen molar-refractivity contribution in [1.82, 2.24) is 0 Å². The molecule has 1 atom stereocenters. The highest BCUT2D eigenvalue weighted by Gasteiger charge is 2.28. The zero-order valence-corrected chi connectivity index (χ0v) is 9.81. The van der Waals surface area contributed by atoms with Crippen LogP contribution in [0.5, 0.6) is 0 Å². The molecule has 88 valence electrons. The summed E-state index contributed by atoms with van der Waals surface area (Å²) in [6.45, 7) is 2.43. The maximum atomic E-state index is 11.9. The van der Waals surface area contributed by atoms with Gasteiger partial charge in [0.25, 0.3) is 0 Å². The number of nitriles is 1. The summed E-state index contributed by atoms with van der Waals surface area (Å²) in [5.41, 5.74) is 8.23. The Morgan fingerprint density at radius 1 is 1.59 bits per heavy atom. The van der Waals surface area contributed by atoms with E-state index in [4.69, 9.17) is 11.0 Å². The molecule has 1 aliphatic rings. The molecule has 0 aromatic heterocycles. The standard InChI is InChI=1S/C13H15N3O/c1-2-9(7-14)8-16-12-4-3-11(15)5-10(12)6-13(16)17/h3-5,9H,2,6,8,15H2,1H3. The van der Waals surface area contributed by atoms with Crippen molar-refractivity contribution < 1.29 is 4.79 Å². The number of nitrogen functional groups attached to an aromatic ring is 1. The number of benzene rings is 1. The van der Waals surface area contributed by atoms with Gasteiger partial charge in [-0.15, -0.1) is 0 Å². The van der Waals surface area contributed by atoms with E-state index in [1.165, 1.54) is 0 Å². The monoisotopic (exact) mass is 229 g/mol. The van der Waals surface area contributed by atoms with E-state index in [0.717, 1.165) is 17.7 Å². The van der Waals surface area contributed by atoms with Crippen molar-refractivity contribution in [2.24, 2.45) is 5.92 Å². The van der Waals surface area contributed by atoms with Crippen LogP contribution in [0.1, 0.15) is 18.9 Å². The van der Waals surface area contributed by atoms with E-state index in [1.54, 1.807) is 11.0 Å². The summed E-state index contributed by atoms with van der Waals surface area (Å²) in [6, 6.07) is 7.71. The van der Waals surface area contributed by atoms with Crippen molar-refractivity contribution in [2.75, 3.05) is 17.2 Å². The van der Waals surface area contributed by atoms with Crippen molar-refractivity contribution in [3.05, 3.63) is 23.8 Å². The molecule has 1 heterocycles. The van der Waals surface area contributed by atoms with Gasteiger partial charge in [-0.25, -0.2) is 0 Å². The largest absolute Gasteiger partial charge is 0.399 e. The molecule has 1 aromatic carbocycles. The number of amides is 1. The van der Waals surface area contributed by atoms with E-state index >= 15 is 0 Å². The van der Waals surface area contributed by atoms with Crippen LogP contribution in [0.25, 0.3) is 0 Å². The van der Waals surface area contributed by atoms with Gasteiger partial charge in [0.2, 0.25) is 5.91 Å². The number of anilines is 2. The van der Waals surface area contributed by atoms with E-state index in [2.05, 4.69) is 6.07 Å². The Labute approximate surface area is 101 Å². The lowest BCUT2D eigenvalue weighted by atomic mass is 10.1. The first-order valence-electron chi connectivity index (χ1n) is 5.74. The molecule has 0 spiro atoms. The number of hydrogen-bond donors (Lipinski definition) is 1. The van der Waals surface area contributed by atoms with Crippen LogP contribution in [-0.2, 0) is 11.2 Å². The fourth-order valence-corrected chi connectivity index (χ4v) is 2.08. The molecule has 2 rings (SSSR count). The molecule has 0 saturated carbocycles. The van der Waals surface area contributed by atoms with Gasteiger partial charge in [-0.2, -0.15) is 5.26 Å². The van der Waals surface area contributed by atoms with Gasteiger partial charge < -0.3 is 10.6 Å². The molecule has 2 N–H and O–H groups in total. The second-order valence-electron chi connectivity index (χ2n) is 4.30. The smallest absolute Gasteiger partial charge is 0.231 e. The van der Waals surface area contributed by atoms with Crippen molar-refractivity contribution >= 4 is 17.3 Å². The van der Waals surface area contributed by atoms with Crippen LogP contribution in [0.2, 0.25) is 0 Å². The third-order valence-electron chi connectivity index (χ3n) is 3.12. The summed E-state index contributed by atoms with van der Waals surface area (Å²) in [7, 11) is 0. The maximum absolute atomic E-state index is 11.9. The molecule has 1 unspecified atom stereocenters. The van der Waals surface area contributed by atoms with E-state index in [0.29, 0.717) is 18.7 Å². The quantitative estimate of drug-likeness (QED) is 0.802. The molecular weight excluding hydrogens is 214 g/mol. The molecule has 1 aromatic rings. The molecule has 4 nitrogen and oxygen atoms in total. The minimum atomic E-state index is -0.109. The molecule has 0 saturated heterocycles. The number of carbonyl (C=O) groups excluding carboxylic acids is 1.